The second-order valence-corrected chi connectivity index (χ2v) is 11.2. The number of amides is 1. The van der Waals surface area contributed by atoms with Gasteiger partial charge in [-0.15, -0.1) is 0 Å². The number of fused-ring (bicyclic) bond motifs is 1. The molecule has 6 rings (SSSR count). The Bertz CT molecular complexity index is 1070. The molecule has 5 aliphatic rings. The van der Waals surface area contributed by atoms with Crippen molar-refractivity contribution in [3.63, 3.8) is 0 Å². The van der Waals surface area contributed by atoms with Gasteiger partial charge in [-0.05, 0) is 80.7 Å². The number of halogens is 3. The smallest absolute Gasteiger partial charge is 0.406 e. The maximum absolute atomic E-state index is 13.5. The molecule has 2 heterocycles. The SMILES string of the molecule is O=C1CC(=O)[C@@]2(CC[C@@]3(O)[C@H]4Cc5ccc(O)cc5[C@@]3(CCN4CC3CC3)C2)N1CC(F)(F)F. The van der Waals surface area contributed by atoms with Gasteiger partial charge >= 0.3 is 6.18 Å². The number of alkyl halides is 3. The van der Waals surface area contributed by atoms with E-state index in [1.807, 2.05) is 6.07 Å². The third-order valence-electron chi connectivity index (χ3n) is 9.36. The van der Waals surface area contributed by atoms with E-state index in [-0.39, 0.29) is 31.1 Å². The van der Waals surface area contributed by atoms with Gasteiger partial charge < -0.3 is 15.1 Å². The van der Waals surface area contributed by atoms with Gasteiger partial charge in [0.15, 0.2) is 5.78 Å². The summed E-state index contributed by atoms with van der Waals surface area (Å²) in [4.78, 5) is 28.9. The van der Waals surface area contributed by atoms with Crippen LogP contribution in [-0.4, -0.2) is 74.7 Å². The summed E-state index contributed by atoms with van der Waals surface area (Å²) in [6, 6.07) is 4.83. The average Bonchev–Trinajstić information content (AvgIpc) is 3.54. The lowest BCUT2D eigenvalue weighted by Gasteiger charge is -2.66. The van der Waals surface area contributed by atoms with Gasteiger partial charge in [-0.25, -0.2) is 0 Å². The Labute approximate surface area is 195 Å². The summed E-state index contributed by atoms with van der Waals surface area (Å²) in [5.41, 5.74) is -2.17. The van der Waals surface area contributed by atoms with Crippen LogP contribution in [0.3, 0.4) is 0 Å². The summed E-state index contributed by atoms with van der Waals surface area (Å²) in [5, 5.41) is 22.7. The lowest BCUT2D eigenvalue weighted by molar-refractivity contribution is -0.202. The van der Waals surface area contributed by atoms with Crippen molar-refractivity contribution >= 4 is 11.7 Å². The van der Waals surface area contributed by atoms with E-state index in [1.165, 1.54) is 12.8 Å². The first-order chi connectivity index (χ1) is 16.0. The number of aromatic hydroxyl groups is 1. The second-order valence-electron chi connectivity index (χ2n) is 11.2. The third-order valence-corrected chi connectivity index (χ3v) is 9.36. The average molecular weight is 479 g/mol. The minimum absolute atomic E-state index is 0.0216. The number of carbonyl (C=O) groups is 2. The van der Waals surface area contributed by atoms with Gasteiger partial charge in [-0.1, -0.05) is 6.07 Å². The van der Waals surface area contributed by atoms with E-state index < -0.39 is 47.4 Å². The highest BCUT2D eigenvalue weighted by Gasteiger charge is 2.71. The molecular formula is C25H29F3N2O4. The number of aliphatic hydroxyl groups is 1. The zero-order valence-corrected chi connectivity index (χ0v) is 18.9. The number of hydrogen-bond donors (Lipinski definition) is 2. The van der Waals surface area contributed by atoms with Crippen molar-refractivity contribution in [2.24, 2.45) is 5.92 Å². The molecule has 2 bridgehead atoms. The van der Waals surface area contributed by atoms with E-state index in [0.29, 0.717) is 25.3 Å². The number of likely N-dealkylation sites (tertiary alicyclic amines) is 2. The van der Waals surface area contributed by atoms with Crippen LogP contribution in [0.1, 0.15) is 56.1 Å². The Morgan fingerprint density at radius 1 is 1.12 bits per heavy atom. The highest BCUT2D eigenvalue weighted by molar-refractivity contribution is 6.10. The molecule has 1 aromatic rings. The summed E-state index contributed by atoms with van der Waals surface area (Å²) in [7, 11) is 0. The van der Waals surface area contributed by atoms with Crippen LogP contribution in [0, 0.1) is 5.92 Å². The van der Waals surface area contributed by atoms with Crippen molar-refractivity contribution in [3.8, 4) is 5.75 Å². The van der Waals surface area contributed by atoms with Crippen molar-refractivity contribution in [3.05, 3.63) is 29.3 Å². The number of nitrogens with zero attached hydrogens (tertiary/aromatic N) is 2. The summed E-state index contributed by atoms with van der Waals surface area (Å²) < 4.78 is 40.4. The van der Waals surface area contributed by atoms with Crippen LogP contribution >= 0.6 is 0 Å². The molecule has 6 nitrogen and oxygen atoms in total. The molecule has 4 atom stereocenters. The van der Waals surface area contributed by atoms with E-state index in [4.69, 9.17) is 0 Å². The predicted molar refractivity (Wildman–Crippen MR) is 115 cm³/mol. The quantitative estimate of drug-likeness (QED) is 0.653. The Balaban J connectivity index is 1.48. The Morgan fingerprint density at radius 3 is 2.59 bits per heavy atom. The van der Waals surface area contributed by atoms with Crippen LogP contribution < -0.4 is 0 Å². The molecule has 1 spiro atoms. The van der Waals surface area contributed by atoms with Crippen molar-refractivity contribution in [1.82, 2.24) is 9.80 Å². The first-order valence-corrected chi connectivity index (χ1v) is 12.2. The standard InChI is InChI=1S/C25H29F3N2O4/c26-25(27,28)14-30-21(33)11-20(32)23(30)5-6-24(34)19-9-16-3-4-17(31)10-18(16)22(24,13-23)7-8-29(19)12-15-1-2-15/h3-4,10,15,19,31,34H,1-2,5-9,11-14H2/t19-,22-,23+,24-/m1/s1. The lowest BCUT2D eigenvalue weighted by atomic mass is 9.46. The van der Waals surface area contributed by atoms with Crippen LogP contribution in [0.2, 0.25) is 0 Å². The van der Waals surface area contributed by atoms with Crippen LogP contribution in [0.25, 0.3) is 0 Å². The summed E-state index contributed by atoms with van der Waals surface area (Å²) >= 11 is 0. The van der Waals surface area contributed by atoms with Crippen molar-refractivity contribution in [1.29, 1.82) is 0 Å². The van der Waals surface area contributed by atoms with Crippen molar-refractivity contribution < 1.29 is 33.0 Å². The third kappa shape index (κ3) is 3.02. The minimum Gasteiger partial charge on any atom is -0.508 e. The molecule has 4 fully saturated rings. The Kier molecular flexibility index (Phi) is 4.58. The lowest BCUT2D eigenvalue weighted by Crippen LogP contribution is -2.76. The summed E-state index contributed by atoms with van der Waals surface area (Å²) in [5.74, 6) is -0.639. The maximum Gasteiger partial charge on any atom is 0.406 e. The fourth-order valence-electron chi connectivity index (χ4n) is 7.64. The monoisotopic (exact) mass is 478 g/mol. The zero-order chi connectivity index (χ0) is 24.1. The molecule has 2 N–H and O–H groups in total. The van der Waals surface area contributed by atoms with Crippen molar-refractivity contribution in [2.45, 2.75) is 80.1 Å². The van der Waals surface area contributed by atoms with E-state index in [9.17, 15) is 33.0 Å². The fraction of sp³-hybridized carbons (Fsp3) is 0.680. The molecule has 3 aliphatic carbocycles. The fourth-order valence-corrected chi connectivity index (χ4v) is 7.64. The molecule has 34 heavy (non-hydrogen) atoms. The topological polar surface area (TPSA) is 81.1 Å². The molecule has 0 unspecified atom stereocenters. The normalized spacial score (nSPS) is 37.8. The molecule has 2 saturated heterocycles. The highest BCUT2D eigenvalue weighted by atomic mass is 19.4. The number of piperidine rings is 1. The van der Waals surface area contributed by atoms with Gasteiger partial charge in [0.1, 0.15) is 17.8 Å². The van der Waals surface area contributed by atoms with E-state index in [0.717, 1.165) is 22.6 Å². The summed E-state index contributed by atoms with van der Waals surface area (Å²) in [6.07, 6.45) is -1.64. The Hall–Kier alpha value is -2.13. The number of Topliss-reactive ketones (excluding diaryl/α,β-unsaturated/α-hetero) is 1. The van der Waals surface area contributed by atoms with Gasteiger partial charge in [0, 0.05) is 18.0 Å². The highest BCUT2D eigenvalue weighted by Crippen LogP contribution is 2.62. The predicted octanol–water partition coefficient (Wildman–Crippen LogP) is 2.69. The number of benzene rings is 1. The van der Waals surface area contributed by atoms with Gasteiger partial charge in [-0.2, -0.15) is 13.2 Å². The molecule has 1 amide bonds. The van der Waals surface area contributed by atoms with Crippen LogP contribution in [0.5, 0.6) is 5.75 Å². The largest absolute Gasteiger partial charge is 0.508 e. The van der Waals surface area contributed by atoms with Crippen LogP contribution in [0.4, 0.5) is 13.2 Å². The zero-order valence-electron chi connectivity index (χ0n) is 18.9. The minimum atomic E-state index is -4.63. The maximum atomic E-state index is 13.5. The van der Waals surface area contributed by atoms with Crippen LogP contribution in [-0.2, 0) is 21.4 Å². The van der Waals surface area contributed by atoms with Gasteiger partial charge in [0.05, 0.1) is 12.0 Å². The molecule has 0 aromatic heterocycles. The number of hydrogen-bond acceptors (Lipinski definition) is 5. The Morgan fingerprint density at radius 2 is 1.88 bits per heavy atom. The number of ketones is 1. The van der Waals surface area contributed by atoms with E-state index >= 15 is 0 Å². The van der Waals surface area contributed by atoms with Gasteiger partial charge in [0.2, 0.25) is 5.91 Å². The second kappa shape index (κ2) is 6.97. The number of phenols is 1. The van der Waals surface area contributed by atoms with Crippen molar-refractivity contribution in [2.75, 3.05) is 19.6 Å². The van der Waals surface area contributed by atoms with Gasteiger partial charge in [-0.3, -0.25) is 14.5 Å². The number of phenolic OH excluding ortho intramolecular Hbond substituents is 1. The molecule has 184 valence electrons. The first kappa shape index (κ1) is 22.3. The van der Waals surface area contributed by atoms with Gasteiger partial charge in [0.25, 0.3) is 0 Å². The summed E-state index contributed by atoms with van der Waals surface area (Å²) in [6.45, 7) is 0.0888. The molecule has 2 aliphatic heterocycles. The molecular weight excluding hydrogens is 449 g/mol. The van der Waals surface area contributed by atoms with E-state index in [1.54, 1.807) is 12.1 Å². The molecule has 1 aromatic carbocycles. The number of carbonyl (C=O) groups excluding carboxylic acids is 2. The molecule has 2 saturated carbocycles. The first-order valence-electron chi connectivity index (χ1n) is 12.2. The molecule has 9 heteroatoms. The number of rotatable bonds is 3. The van der Waals surface area contributed by atoms with E-state index in [2.05, 4.69) is 4.90 Å². The van der Waals surface area contributed by atoms with Crippen LogP contribution in [0.15, 0.2) is 18.2 Å². The molecule has 0 radical (unpaired) electrons.